The first-order valence-corrected chi connectivity index (χ1v) is 6.01. The molecule has 0 aliphatic heterocycles. The Hall–Kier alpha value is -1.95. The van der Waals surface area contributed by atoms with Crippen molar-refractivity contribution in [1.29, 1.82) is 0 Å². The highest BCUT2D eigenvalue weighted by Gasteiger charge is 2.00. The van der Waals surface area contributed by atoms with Crippen molar-refractivity contribution in [2.45, 2.75) is 0 Å². The molecule has 0 atom stereocenters. The van der Waals surface area contributed by atoms with Gasteiger partial charge in [0.15, 0.2) is 0 Å². The number of halogens is 1. The Morgan fingerprint density at radius 3 is 2.83 bits per heavy atom. The maximum atomic E-state index is 5.46. The van der Waals surface area contributed by atoms with Crippen molar-refractivity contribution in [2.75, 3.05) is 6.61 Å². The van der Waals surface area contributed by atoms with E-state index in [4.69, 9.17) is 4.74 Å². The van der Waals surface area contributed by atoms with Crippen molar-refractivity contribution >= 4 is 22.1 Å². The van der Waals surface area contributed by atoms with Crippen LogP contribution in [0.3, 0.4) is 0 Å². The second-order valence-corrected chi connectivity index (χ2v) is 4.23. The fraction of sp³-hybridized carbons (Fsp3) is 0.0833. The first-order chi connectivity index (χ1) is 8.79. The minimum absolute atomic E-state index is 0.479. The molecule has 0 aliphatic rings. The van der Waals surface area contributed by atoms with Gasteiger partial charge in [-0.15, -0.1) is 10.2 Å². The van der Waals surface area contributed by atoms with Gasteiger partial charge < -0.3 is 4.74 Å². The summed E-state index contributed by atoms with van der Waals surface area (Å²) in [5, 5.41) is 11.5. The summed E-state index contributed by atoms with van der Waals surface area (Å²) in [6, 6.07) is 5.71. The zero-order chi connectivity index (χ0) is 12.8. The molecular weight excluding hydrogens is 296 g/mol. The van der Waals surface area contributed by atoms with E-state index in [1.165, 1.54) is 17.3 Å². The van der Waals surface area contributed by atoms with Crippen LogP contribution in [0.1, 0.15) is 5.56 Å². The van der Waals surface area contributed by atoms with E-state index in [0.717, 1.165) is 15.8 Å². The smallest absolute Gasteiger partial charge is 0.141 e. The summed E-state index contributed by atoms with van der Waals surface area (Å²) in [6.07, 6.45) is 6.46. The molecule has 0 saturated carbocycles. The molecule has 0 spiro atoms. The maximum Gasteiger partial charge on any atom is 0.141 e. The topological polar surface area (TPSA) is 52.3 Å². The normalized spacial score (nSPS) is 10.7. The lowest BCUT2D eigenvalue weighted by molar-refractivity contribution is 0.361. The Labute approximate surface area is 113 Å². The minimum Gasteiger partial charge on any atom is -0.488 e. The lowest BCUT2D eigenvalue weighted by Crippen LogP contribution is -1.94. The van der Waals surface area contributed by atoms with E-state index in [2.05, 4.69) is 37.8 Å². The molecule has 0 unspecified atom stereocenters. The number of nitrogens with zero attached hydrogens (tertiary/aromatic N) is 4. The van der Waals surface area contributed by atoms with Gasteiger partial charge in [0, 0.05) is 0 Å². The SMILES string of the molecule is C=CCOc1ccc(C=Nn2cnnc2)cc1Br. The van der Waals surface area contributed by atoms with Crippen molar-refractivity contribution in [3.8, 4) is 5.75 Å². The van der Waals surface area contributed by atoms with Crippen molar-refractivity contribution < 1.29 is 4.74 Å². The zero-order valence-electron chi connectivity index (χ0n) is 9.53. The number of hydrogen-bond donors (Lipinski definition) is 0. The summed E-state index contributed by atoms with van der Waals surface area (Å²) in [7, 11) is 0. The molecule has 92 valence electrons. The fourth-order valence-electron chi connectivity index (χ4n) is 1.25. The van der Waals surface area contributed by atoms with Gasteiger partial charge in [-0.1, -0.05) is 12.7 Å². The highest BCUT2D eigenvalue weighted by Crippen LogP contribution is 2.25. The van der Waals surface area contributed by atoms with Crippen LogP contribution < -0.4 is 4.74 Å². The van der Waals surface area contributed by atoms with Crippen LogP contribution in [0.4, 0.5) is 0 Å². The van der Waals surface area contributed by atoms with Crippen LogP contribution in [0.25, 0.3) is 0 Å². The van der Waals surface area contributed by atoms with E-state index >= 15 is 0 Å². The summed E-state index contributed by atoms with van der Waals surface area (Å²) < 4.78 is 7.85. The summed E-state index contributed by atoms with van der Waals surface area (Å²) in [5.74, 6) is 0.774. The van der Waals surface area contributed by atoms with Crippen LogP contribution >= 0.6 is 15.9 Å². The zero-order valence-corrected chi connectivity index (χ0v) is 11.1. The standard InChI is InChI=1S/C12H11BrN4O/c1-2-5-18-12-4-3-10(6-11(12)13)7-16-17-8-14-15-9-17/h2-4,6-9H,1,5H2. The predicted molar refractivity (Wildman–Crippen MR) is 72.8 cm³/mol. The molecule has 0 amide bonds. The highest BCUT2D eigenvalue weighted by atomic mass is 79.9. The molecule has 0 saturated heterocycles. The molecule has 5 nitrogen and oxygen atoms in total. The molecule has 6 heteroatoms. The van der Waals surface area contributed by atoms with E-state index in [1.54, 1.807) is 12.3 Å². The predicted octanol–water partition coefficient (Wildman–Crippen LogP) is 2.49. The van der Waals surface area contributed by atoms with Gasteiger partial charge in [0.25, 0.3) is 0 Å². The van der Waals surface area contributed by atoms with Crippen LogP contribution in [-0.4, -0.2) is 27.7 Å². The van der Waals surface area contributed by atoms with Gasteiger partial charge in [0.2, 0.25) is 0 Å². The van der Waals surface area contributed by atoms with E-state index in [0.29, 0.717) is 6.61 Å². The summed E-state index contributed by atoms with van der Waals surface area (Å²) in [5.41, 5.74) is 0.946. The summed E-state index contributed by atoms with van der Waals surface area (Å²) >= 11 is 3.44. The van der Waals surface area contributed by atoms with Crippen LogP contribution in [-0.2, 0) is 0 Å². The van der Waals surface area contributed by atoms with Gasteiger partial charge in [-0.05, 0) is 39.7 Å². The highest BCUT2D eigenvalue weighted by molar-refractivity contribution is 9.10. The van der Waals surface area contributed by atoms with E-state index in [-0.39, 0.29) is 0 Å². The fourth-order valence-corrected chi connectivity index (χ4v) is 1.76. The minimum atomic E-state index is 0.479. The van der Waals surface area contributed by atoms with Crippen molar-refractivity contribution in [2.24, 2.45) is 5.10 Å². The summed E-state index contributed by atoms with van der Waals surface area (Å²) in [4.78, 5) is 0. The molecule has 0 N–H and O–H groups in total. The summed E-state index contributed by atoms with van der Waals surface area (Å²) in [6.45, 7) is 4.08. The monoisotopic (exact) mass is 306 g/mol. The molecular formula is C12H11BrN4O. The molecule has 0 radical (unpaired) electrons. The largest absolute Gasteiger partial charge is 0.488 e. The average molecular weight is 307 g/mol. The third-order valence-electron chi connectivity index (χ3n) is 2.06. The number of rotatable bonds is 5. The molecule has 0 aliphatic carbocycles. The van der Waals surface area contributed by atoms with E-state index in [1.807, 2.05) is 18.2 Å². The molecule has 1 heterocycles. The van der Waals surface area contributed by atoms with Crippen LogP contribution in [0.2, 0.25) is 0 Å². The molecule has 18 heavy (non-hydrogen) atoms. The van der Waals surface area contributed by atoms with E-state index in [9.17, 15) is 0 Å². The van der Waals surface area contributed by atoms with Gasteiger partial charge >= 0.3 is 0 Å². The van der Waals surface area contributed by atoms with Gasteiger partial charge in [-0.2, -0.15) is 5.10 Å². The first-order valence-electron chi connectivity index (χ1n) is 5.22. The molecule has 1 aromatic carbocycles. The second-order valence-electron chi connectivity index (χ2n) is 3.38. The molecule has 1 aromatic heterocycles. The Balaban J connectivity index is 2.11. The van der Waals surface area contributed by atoms with Gasteiger partial charge in [0.05, 0.1) is 10.7 Å². The molecule has 2 aromatic rings. The second kappa shape index (κ2) is 6.11. The Morgan fingerprint density at radius 2 is 2.17 bits per heavy atom. The third kappa shape index (κ3) is 3.27. The maximum absolute atomic E-state index is 5.46. The number of hydrogen-bond acceptors (Lipinski definition) is 4. The Kier molecular flexibility index (Phi) is 4.25. The van der Waals surface area contributed by atoms with Crippen LogP contribution in [0, 0.1) is 0 Å². The average Bonchev–Trinajstić information content (AvgIpc) is 2.88. The van der Waals surface area contributed by atoms with Crippen LogP contribution in [0.5, 0.6) is 5.75 Å². The van der Waals surface area contributed by atoms with Gasteiger partial charge in [-0.3, -0.25) is 0 Å². The Morgan fingerprint density at radius 1 is 1.39 bits per heavy atom. The molecule has 0 bridgehead atoms. The molecule has 2 rings (SSSR count). The van der Waals surface area contributed by atoms with Crippen molar-refractivity contribution in [3.63, 3.8) is 0 Å². The Bertz CT molecular complexity index is 551. The number of aromatic nitrogens is 3. The van der Waals surface area contributed by atoms with Crippen LogP contribution in [0.15, 0.2) is 53.1 Å². The number of ether oxygens (including phenoxy) is 1. The van der Waals surface area contributed by atoms with Crippen molar-refractivity contribution in [3.05, 3.63) is 53.5 Å². The third-order valence-corrected chi connectivity index (χ3v) is 2.68. The van der Waals surface area contributed by atoms with Crippen molar-refractivity contribution in [1.82, 2.24) is 14.9 Å². The molecule has 0 fully saturated rings. The lowest BCUT2D eigenvalue weighted by atomic mass is 10.2. The number of benzene rings is 1. The van der Waals surface area contributed by atoms with Gasteiger partial charge in [0.1, 0.15) is 25.0 Å². The quantitative estimate of drug-likeness (QED) is 0.630. The first kappa shape index (κ1) is 12.5. The lowest BCUT2D eigenvalue weighted by Gasteiger charge is -2.06. The van der Waals surface area contributed by atoms with Gasteiger partial charge in [-0.25, -0.2) is 4.68 Å². The van der Waals surface area contributed by atoms with E-state index < -0.39 is 0 Å².